The van der Waals surface area contributed by atoms with E-state index in [0.29, 0.717) is 19.1 Å². The molecule has 0 aliphatic carbocycles. The minimum absolute atomic E-state index is 0.0174. The Morgan fingerprint density at radius 3 is 2.61 bits per heavy atom. The molecular weight excluding hydrogens is 452 g/mol. The van der Waals surface area contributed by atoms with Crippen LogP contribution >= 0.6 is 0 Å². The third-order valence-electron chi connectivity index (χ3n) is 7.61. The van der Waals surface area contributed by atoms with Gasteiger partial charge in [0.25, 0.3) is 0 Å². The quantitative estimate of drug-likeness (QED) is 0.555. The fourth-order valence-electron chi connectivity index (χ4n) is 5.08. The maximum atomic E-state index is 12.9. The summed E-state index contributed by atoms with van der Waals surface area (Å²) in [6.07, 6.45) is 4.08. The summed E-state index contributed by atoms with van der Waals surface area (Å²) in [5.41, 5.74) is 7.11. The number of carbonyl (C=O) groups is 1. The van der Waals surface area contributed by atoms with Crippen LogP contribution in [0.5, 0.6) is 0 Å². The summed E-state index contributed by atoms with van der Waals surface area (Å²) in [5, 5.41) is 7.58. The summed E-state index contributed by atoms with van der Waals surface area (Å²) in [7, 11) is 1.95. The molecule has 36 heavy (non-hydrogen) atoms. The first-order chi connectivity index (χ1) is 17.4. The van der Waals surface area contributed by atoms with E-state index in [1.54, 1.807) is 0 Å². The van der Waals surface area contributed by atoms with Crippen molar-refractivity contribution in [2.24, 2.45) is 13.0 Å². The summed E-state index contributed by atoms with van der Waals surface area (Å²) in [4.78, 5) is 22.2. The van der Waals surface area contributed by atoms with Crippen LogP contribution in [0.1, 0.15) is 31.0 Å². The molecule has 8 nitrogen and oxygen atoms in total. The van der Waals surface area contributed by atoms with Gasteiger partial charge in [0.15, 0.2) is 0 Å². The van der Waals surface area contributed by atoms with Gasteiger partial charge in [0.1, 0.15) is 5.82 Å². The lowest BCUT2D eigenvalue weighted by molar-refractivity contribution is 0.122. The van der Waals surface area contributed by atoms with Gasteiger partial charge in [-0.25, -0.2) is 9.78 Å². The minimum Gasteiger partial charge on any atom is -0.378 e. The summed E-state index contributed by atoms with van der Waals surface area (Å²) in [6, 6.07) is 10.4. The SMILES string of the molecule is CC[C@@H]1CCN(C(=O)Nc2ccc(C)c(-c3cc(-c4cnn(C)c4C)nc(N4CCOCC4)c3)c2)C1. The molecule has 2 fully saturated rings. The predicted molar refractivity (Wildman–Crippen MR) is 143 cm³/mol. The molecule has 5 rings (SSSR count). The number of hydrogen-bond acceptors (Lipinski definition) is 5. The van der Waals surface area contributed by atoms with Gasteiger partial charge in [0.05, 0.1) is 25.1 Å². The molecule has 2 aliphatic heterocycles. The Hall–Kier alpha value is -3.39. The number of nitrogens with one attached hydrogen (secondary N) is 1. The Bertz CT molecular complexity index is 1250. The van der Waals surface area contributed by atoms with Gasteiger partial charge in [-0.1, -0.05) is 19.4 Å². The van der Waals surface area contributed by atoms with Crippen molar-refractivity contribution in [1.29, 1.82) is 0 Å². The minimum atomic E-state index is -0.0174. The lowest BCUT2D eigenvalue weighted by atomic mass is 9.98. The number of rotatable bonds is 5. The molecule has 0 bridgehead atoms. The second-order valence-corrected chi connectivity index (χ2v) is 9.93. The van der Waals surface area contributed by atoms with E-state index in [2.05, 4.69) is 60.4 Å². The molecule has 190 valence electrons. The third kappa shape index (κ3) is 4.95. The molecule has 1 N–H and O–H groups in total. The maximum absolute atomic E-state index is 12.9. The Kier molecular flexibility index (Phi) is 6.96. The number of likely N-dealkylation sites (tertiary alicyclic amines) is 1. The zero-order chi connectivity index (χ0) is 25.2. The highest BCUT2D eigenvalue weighted by Crippen LogP contribution is 2.34. The Morgan fingerprint density at radius 1 is 1.11 bits per heavy atom. The van der Waals surface area contributed by atoms with Crippen molar-refractivity contribution in [3.63, 3.8) is 0 Å². The molecule has 2 amide bonds. The van der Waals surface area contributed by atoms with Crippen molar-refractivity contribution < 1.29 is 9.53 Å². The second-order valence-electron chi connectivity index (χ2n) is 9.93. The van der Waals surface area contributed by atoms with E-state index in [1.807, 2.05) is 28.9 Å². The monoisotopic (exact) mass is 488 g/mol. The first kappa shape index (κ1) is 24.3. The third-order valence-corrected chi connectivity index (χ3v) is 7.61. The van der Waals surface area contributed by atoms with Gasteiger partial charge in [0.2, 0.25) is 0 Å². The summed E-state index contributed by atoms with van der Waals surface area (Å²) in [5.74, 6) is 1.54. The van der Waals surface area contributed by atoms with Crippen LogP contribution in [0.4, 0.5) is 16.3 Å². The number of anilines is 2. The number of carbonyl (C=O) groups excluding carboxylic acids is 1. The molecule has 1 aromatic carbocycles. The fraction of sp³-hybridized carbons (Fsp3) is 0.464. The molecule has 2 saturated heterocycles. The molecule has 8 heteroatoms. The average Bonchev–Trinajstić information content (AvgIpc) is 3.52. The first-order valence-electron chi connectivity index (χ1n) is 12.9. The molecule has 2 aliphatic rings. The number of amides is 2. The van der Waals surface area contributed by atoms with Crippen molar-refractivity contribution in [2.45, 2.75) is 33.6 Å². The number of aromatic nitrogens is 3. The highest BCUT2D eigenvalue weighted by Gasteiger charge is 2.25. The molecule has 0 unspecified atom stereocenters. The Morgan fingerprint density at radius 2 is 1.92 bits per heavy atom. The van der Waals surface area contributed by atoms with Crippen LogP contribution in [-0.4, -0.2) is 65.1 Å². The van der Waals surface area contributed by atoms with Gasteiger partial charge in [-0.3, -0.25) is 4.68 Å². The van der Waals surface area contributed by atoms with Crippen molar-refractivity contribution in [1.82, 2.24) is 19.7 Å². The van der Waals surface area contributed by atoms with E-state index in [1.165, 1.54) is 0 Å². The van der Waals surface area contributed by atoms with Crippen LogP contribution in [0.15, 0.2) is 36.5 Å². The van der Waals surface area contributed by atoms with Gasteiger partial charge in [-0.05, 0) is 67.1 Å². The average molecular weight is 489 g/mol. The molecule has 0 saturated carbocycles. The zero-order valence-electron chi connectivity index (χ0n) is 21.8. The lowest BCUT2D eigenvalue weighted by Crippen LogP contribution is -2.36. The van der Waals surface area contributed by atoms with Gasteiger partial charge in [-0.2, -0.15) is 5.10 Å². The second kappa shape index (κ2) is 10.3. The standard InChI is InChI=1S/C28H36N6O2/c1-5-21-8-9-34(18-21)28(35)30-23-7-6-19(2)24(16-23)22-14-26(25-17-29-32(4)20(25)3)31-27(15-22)33-10-12-36-13-11-33/h6-7,14-17,21H,5,8-13,18H2,1-4H3,(H,30,35)/t21-/m1/s1. The van der Waals surface area contributed by atoms with Crippen LogP contribution in [0, 0.1) is 19.8 Å². The van der Waals surface area contributed by atoms with E-state index >= 15 is 0 Å². The number of benzene rings is 1. The number of ether oxygens (including phenoxy) is 1. The van der Waals surface area contributed by atoms with Crippen LogP contribution in [0.3, 0.4) is 0 Å². The maximum Gasteiger partial charge on any atom is 0.321 e. The highest BCUT2D eigenvalue weighted by molar-refractivity contribution is 5.91. The lowest BCUT2D eigenvalue weighted by Gasteiger charge is -2.28. The van der Waals surface area contributed by atoms with Crippen molar-refractivity contribution in [3.05, 3.63) is 47.8 Å². The molecule has 1 atom stereocenters. The summed E-state index contributed by atoms with van der Waals surface area (Å²) >= 11 is 0. The van der Waals surface area contributed by atoms with Gasteiger partial charge < -0.3 is 19.9 Å². The van der Waals surface area contributed by atoms with Crippen molar-refractivity contribution >= 4 is 17.5 Å². The van der Waals surface area contributed by atoms with E-state index in [0.717, 1.165) is 84.2 Å². The number of pyridine rings is 1. The molecule has 2 aromatic heterocycles. The number of aryl methyl sites for hydroxylation is 2. The number of morpholine rings is 1. The van der Waals surface area contributed by atoms with Crippen LogP contribution in [0.25, 0.3) is 22.4 Å². The molecule has 3 aromatic rings. The van der Waals surface area contributed by atoms with Gasteiger partial charge >= 0.3 is 6.03 Å². The van der Waals surface area contributed by atoms with Crippen LogP contribution < -0.4 is 10.2 Å². The van der Waals surface area contributed by atoms with Crippen molar-refractivity contribution in [2.75, 3.05) is 49.6 Å². The number of nitrogens with zero attached hydrogens (tertiary/aromatic N) is 5. The predicted octanol–water partition coefficient (Wildman–Crippen LogP) is 4.87. The zero-order valence-corrected chi connectivity index (χ0v) is 21.8. The molecular formula is C28H36N6O2. The van der Waals surface area contributed by atoms with Gasteiger partial charge in [-0.15, -0.1) is 0 Å². The highest BCUT2D eigenvalue weighted by atomic mass is 16.5. The van der Waals surface area contributed by atoms with Crippen molar-refractivity contribution in [3.8, 4) is 22.4 Å². The molecule has 4 heterocycles. The van der Waals surface area contributed by atoms with Gasteiger partial charge in [0, 0.05) is 50.2 Å². The van der Waals surface area contributed by atoms with Crippen LogP contribution in [0.2, 0.25) is 0 Å². The fourth-order valence-corrected chi connectivity index (χ4v) is 5.08. The van der Waals surface area contributed by atoms with Crippen LogP contribution in [-0.2, 0) is 11.8 Å². The topological polar surface area (TPSA) is 75.5 Å². The van der Waals surface area contributed by atoms with E-state index in [-0.39, 0.29) is 6.03 Å². The molecule has 0 radical (unpaired) electrons. The van der Waals surface area contributed by atoms with E-state index in [9.17, 15) is 4.79 Å². The number of hydrogen-bond donors (Lipinski definition) is 1. The Labute approximate surface area is 213 Å². The number of urea groups is 1. The normalized spacial score (nSPS) is 18.1. The summed E-state index contributed by atoms with van der Waals surface area (Å²) in [6.45, 7) is 11.0. The van der Waals surface area contributed by atoms with E-state index < -0.39 is 0 Å². The largest absolute Gasteiger partial charge is 0.378 e. The Balaban J connectivity index is 1.50. The van der Waals surface area contributed by atoms with E-state index in [4.69, 9.17) is 9.72 Å². The molecule has 0 spiro atoms. The summed E-state index contributed by atoms with van der Waals surface area (Å²) < 4.78 is 7.45. The first-order valence-corrected chi connectivity index (χ1v) is 12.9. The smallest absolute Gasteiger partial charge is 0.321 e.